The predicted molar refractivity (Wildman–Crippen MR) is 83.5 cm³/mol. The van der Waals surface area contributed by atoms with Gasteiger partial charge in [-0.1, -0.05) is 18.2 Å². The summed E-state index contributed by atoms with van der Waals surface area (Å²) in [5, 5.41) is 12.9. The molecule has 3 rings (SSSR count). The molecule has 1 saturated carbocycles. The number of aliphatic carboxylic acids is 1. The lowest BCUT2D eigenvalue weighted by Crippen LogP contribution is -2.38. The van der Waals surface area contributed by atoms with Gasteiger partial charge in [-0.3, -0.25) is 9.59 Å². The molecule has 0 bridgehead atoms. The van der Waals surface area contributed by atoms with E-state index >= 15 is 0 Å². The second-order valence-electron chi connectivity index (χ2n) is 6.07. The van der Waals surface area contributed by atoms with Crippen LogP contribution >= 0.6 is 0 Å². The minimum Gasteiger partial charge on any atom is -0.481 e. The molecule has 1 atom stereocenters. The third-order valence-electron chi connectivity index (χ3n) is 4.26. The van der Waals surface area contributed by atoms with Gasteiger partial charge in [-0.2, -0.15) is 0 Å². The number of carbonyl (C=O) groups excluding carboxylic acids is 1. The Labute approximate surface area is 128 Å². The number of rotatable bonds is 6. The van der Waals surface area contributed by atoms with Crippen LogP contribution in [0.25, 0.3) is 10.9 Å². The van der Waals surface area contributed by atoms with E-state index in [9.17, 15) is 9.59 Å². The van der Waals surface area contributed by atoms with Crippen molar-refractivity contribution in [3.63, 3.8) is 0 Å². The van der Waals surface area contributed by atoms with Crippen LogP contribution in [0.3, 0.4) is 0 Å². The van der Waals surface area contributed by atoms with Crippen LogP contribution in [0.4, 0.5) is 0 Å². The third kappa shape index (κ3) is 3.13. The van der Waals surface area contributed by atoms with E-state index in [1.807, 2.05) is 42.1 Å². The van der Waals surface area contributed by atoms with Gasteiger partial charge in [0.15, 0.2) is 0 Å². The summed E-state index contributed by atoms with van der Waals surface area (Å²) >= 11 is 0. The largest absolute Gasteiger partial charge is 0.481 e. The lowest BCUT2D eigenvalue weighted by atomic mass is 10.1. The van der Waals surface area contributed by atoms with Crippen molar-refractivity contribution in [2.45, 2.75) is 31.7 Å². The van der Waals surface area contributed by atoms with E-state index in [1.54, 1.807) is 0 Å². The van der Waals surface area contributed by atoms with Crippen molar-refractivity contribution in [1.29, 1.82) is 0 Å². The smallest absolute Gasteiger partial charge is 0.305 e. The fraction of sp³-hybridized carbons (Fsp3) is 0.412. The first-order valence-electron chi connectivity index (χ1n) is 7.58. The average Bonchev–Trinajstić information content (AvgIpc) is 3.26. The highest BCUT2D eigenvalue weighted by atomic mass is 16.4. The van der Waals surface area contributed by atoms with Crippen molar-refractivity contribution in [3.8, 4) is 0 Å². The first kappa shape index (κ1) is 14.6. The predicted octanol–water partition coefficient (Wildman–Crippen LogP) is 2.09. The normalized spacial score (nSPS) is 15.7. The summed E-state index contributed by atoms with van der Waals surface area (Å²) in [6, 6.07) is 7.73. The van der Waals surface area contributed by atoms with Crippen LogP contribution in [0, 0.1) is 5.92 Å². The molecule has 22 heavy (non-hydrogen) atoms. The lowest BCUT2D eigenvalue weighted by Gasteiger charge is -2.16. The topological polar surface area (TPSA) is 71.3 Å². The van der Waals surface area contributed by atoms with Gasteiger partial charge in [0.1, 0.15) is 0 Å². The number of benzene rings is 1. The molecule has 0 aliphatic heterocycles. The van der Waals surface area contributed by atoms with Crippen LogP contribution in [0.15, 0.2) is 30.5 Å². The number of amides is 1. The number of aromatic nitrogens is 1. The van der Waals surface area contributed by atoms with E-state index in [-0.39, 0.29) is 24.8 Å². The molecule has 1 aliphatic rings. The van der Waals surface area contributed by atoms with E-state index in [4.69, 9.17) is 5.11 Å². The molecule has 0 saturated heterocycles. The van der Waals surface area contributed by atoms with E-state index in [1.165, 1.54) is 0 Å². The molecular formula is C17H20N2O3. The van der Waals surface area contributed by atoms with Gasteiger partial charge >= 0.3 is 5.97 Å². The Hall–Kier alpha value is -2.30. The van der Waals surface area contributed by atoms with E-state index < -0.39 is 5.97 Å². The summed E-state index contributed by atoms with van der Waals surface area (Å²) in [5.74, 6) is -0.635. The quantitative estimate of drug-likeness (QED) is 0.858. The highest BCUT2D eigenvalue weighted by Gasteiger charge is 2.33. The molecule has 1 aromatic carbocycles. The van der Waals surface area contributed by atoms with Gasteiger partial charge in [0.25, 0.3) is 0 Å². The minimum atomic E-state index is -0.859. The van der Waals surface area contributed by atoms with Crippen LogP contribution in [0.5, 0.6) is 0 Å². The molecule has 0 radical (unpaired) electrons. The number of nitrogens with one attached hydrogen (secondary N) is 1. The molecule has 1 amide bonds. The number of hydrogen-bond donors (Lipinski definition) is 2. The van der Waals surface area contributed by atoms with Crippen molar-refractivity contribution in [2.75, 3.05) is 0 Å². The van der Waals surface area contributed by atoms with Crippen molar-refractivity contribution >= 4 is 22.8 Å². The molecule has 2 aromatic rings. The van der Waals surface area contributed by atoms with Crippen molar-refractivity contribution in [2.24, 2.45) is 13.0 Å². The SMILES string of the molecule is Cn1cc(CC(=O)NC(CC(=O)O)C2CC2)c2ccccc21. The van der Waals surface area contributed by atoms with E-state index in [2.05, 4.69) is 5.32 Å². The Bertz CT molecular complexity index is 716. The van der Waals surface area contributed by atoms with Gasteiger partial charge in [-0.05, 0) is 30.4 Å². The molecule has 0 spiro atoms. The Kier molecular flexibility index (Phi) is 3.88. The zero-order valence-corrected chi connectivity index (χ0v) is 12.6. The van der Waals surface area contributed by atoms with Crippen LogP contribution < -0.4 is 5.32 Å². The summed E-state index contributed by atoms with van der Waals surface area (Å²) in [4.78, 5) is 23.2. The van der Waals surface area contributed by atoms with Crippen LogP contribution in [0.1, 0.15) is 24.8 Å². The number of carbonyl (C=O) groups is 2. The summed E-state index contributed by atoms with van der Waals surface area (Å²) in [6.07, 6.45) is 4.27. The Morgan fingerprint density at radius 1 is 1.36 bits per heavy atom. The van der Waals surface area contributed by atoms with Crippen molar-refractivity contribution in [3.05, 3.63) is 36.0 Å². The fourth-order valence-electron chi connectivity index (χ4n) is 3.02. The Balaban J connectivity index is 1.71. The maximum atomic E-state index is 12.3. The Morgan fingerprint density at radius 2 is 2.09 bits per heavy atom. The molecule has 5 nitrogen and oxygen atoms in total. The lowest BCUT2D eigenvalue weighted by molar-refractivity contribution is -0.137. The molecule has 1 heterocycles. The van der Waals surface area contributed by atoms with Crippen molar-refractivity contribution < 1.29 is 14.7 Å². The van der Waals surface area contributed by atoms with Crippen LogP contribution in [-0.2, 0) is 23.1 Å². The molecule has 1 aromatic heterocycles. The standard InChI is InChI=1S/C17H20N2O3/c1-19-10-12(13-4-2-3-5-15(13)19)8-16(20)18-14(9-17(21)22)11-6-7-11/h2-5,10-11,14H,6-9H2,1H3,(H,18,20)(H,21,22). The van der Waals surface area contributed by atoms with Gasteiger partial charge in [-0.15, -0.1) is 0 Å². The third-order valence-corrected chi connectivity index (χ3v) is 4.26. The fourth-order valence-corrected chi connectivity index (χ4v) is 3.02. The second-order valence-corrected chi connectivity index (χ2v) is 6.07. The second kappa shape index (κ2) is 5.83. The number of para-hydroxylation sites is 1. The number of hydrogen-bond acceptors (Lipinski definition) is 2. The summed E-state index contributed by atoms with van der Waals surface area (Å²) in [5.41, 5.74) is 2.06. The maximum Gasteiger partial charge on any atom is 0.305 e. The van der Waals surface area contributed by atoms with Crippen molar-refractivity contribution in [1.82, 2.24) is 9.88 Å². The van der Waals surface area contributed by atoms with E-state index in [0.29, 0.717) is 5.92 Å². The minimum absolute atomic E-state index is 0.00590. The van der Waals surface area contributed by atoms with Crippen LogP contribution in [0.2, 0.25) is 0 Å². The number of carboxylic acid groups (broad SMARTS) is 1. The summed E-state index contributed by atoms with van der Waals surface area (Å²) in [6.45, 7) is 0. The summed E-state index contributed by atoms with van der Waals surface area (Å²) in [7, 11) is 1.96. The zero-order chi connectivity index (χ0) is 15.7. The van der Waals surface area contributed by atoms with Gasteiger partial charge in [0.2, 0.25) is 5.91 Å². The molecule has 116 valence electrons. The van der Waals surface area contributed by atoms with Gasteiger partial charge in [0, 0.05) is 30.2 Å². The maximum absolute atomic E-state index is 12.3. The average molecular weight is 300 g/mol. The Morgan fingerprint density at radius 3 is 2.77 bits per heavy atom. The van der Waals surface area contributed by atoms with Crippen LogP contribution in [-0.4, -0.2) is 27.6 Å². The molecule has 2 N–H and O–H groups in total. The molecule has 5 heteroatoms. The molecule has 1 fully saturated rings. The van der Waals surface area contributed by atoms with Gasteiger partial charge in [0.05, 0.1) is 12.8 Å². The molecule has 1 unspecified atom stereocenters. The zero-order valence-electron chi connectivity index (χ0n) is 12.6. The first-order valence-corrected chi connectivity index (χ1v) is 7.58. The highest BCUT2D eigenvalue weighted by molar-refractivity contribution is 5.89. The monoisotopic (exact) mass is 300 g/mol. The number of carboxylic acids is 1. The first-order chi connectivity index (χ1) is 10.5. The number of fused-ring (bicyclic) bond motifs is 1. The van der Waals surface area contributed by atoms with Gasteiger partial charge < -0.3 is 15.0 Å². The number of nitrogens with zero attached hydrogens (tertiary/aromatic N) is 1. The molecular weight excluding hydrogens is 280 g/mol. The van der Waals surface area contributed by atoms with Gasteiger partial charge in [-0.25, -0.2) is 0 Å². The number of aryl methyl sites for hydroxylation is 1. The molecule has 1 aliphatic carbocycles. The van der Waals surface area contributed by atoms with E-state index in [0.717, 1.165) is 29.3 Å². The highest BCUT2D eigenvalue weighted by Crippen LogP contribution is 2.34. The summed E-state index contributed by atoms with van der Waals surface area (Å²) < 4.78 is 2.01.